The molecule has 2 saturated heterocycles. The molecular formula is C22H21N5O2. The predicted molar refractivity (Wildman–Crippen MR) is 111 cm³/mol. The Labute approximate surface area is 168 Å². The first kappa shape index (κ1) is 17.6. The number of nitrogens with zero attached hydrogens (tertiary/aromatic N) is 5. The highest BCUT2D eigenvalue weighted by molar-refractivity contribution is 6.19. The zero-order valence-electron chi connectivity index (χ0n) is 15.9. The Kier molecular flexibility index (Phi) is 4.35. The maximum atomic E-state index is 12.9. The highest BCUT2D eigenvalue weighted by Gasteiger charge is 2.41. The fourth-order valence-electron chi connectivity index (χ4n) is 4.14. The van der Waals surface area contributed by atoms with E-state index in [9.17, 15) is 9.59 Å². The van der Waals surface area contributed by atoms with Crippen LogP contribution in [-0.4, -0.2) is 52.5 Å². The second-order valence-corrected chi connectivity index (χ2v) is 7.41. The summed E-state index contributed by atoms with van der Waals surface area (Å²) in [5, 5.41) is 0. The van der Waals surface area contributed by atoms with E-state index >= 15 is 0 Å². The number of rotatable bonds is 3. The predicted octanol–water partition coefficient (Wildman–Crippen LogP) is 3.07. The van der Waals surface area contributed by atoms with E-state index in [0.717, 1.165) is 42.8 Å². The molecule has 5 rings (SSSR count). The molecule has 0 spiro atoms. The number of hydrogen-bond donors (Lipinski definition) is 0. The van der Waals surface area contributed by atoms with Crippen LogP contribution in [0.3, 0.4) is 0 Å². The number of hydrogen-bond acceptors (Lipinski definition) is 5. The lowest BCUT2D eigenvalue weighted by molar-refractivity contribution is -0.116. The molecule has 3 aromatic rings. The average Bonchev–Trinajstić information content (AvgIpc) is 3.08. The molecule has 0 unspecified atom stereocenters. The van der Waals surface area contributed by atoms with E-state index in [4.69, 9.17) is 4.98 Å². The molecule has 2 aromatic carbocycles. The number of amides is 3. The fraction of sp³-hybridized carbons (Fsp3) is 0.273. The molecule has 1 aromatic heterocycles. The van der Waals surface area contributed by atoms with Crippen LogP contribution >= 0.6 is 0 Å². The first-order valence-electron chi connectivity index (χ1n) is 9.86. The highest BCUT2D eigenvalue weighted by Crippen LogP contribution is 2.27. The lowest BCUT2D eigenvalue weighted by Crippen LogP contribution is -2.46. The van der Waals surface area contributed by atoms with Crippen LogP contribution in [0.25, 0.3) is 11.0 Å². The van der Waals surface area contributed by atoms with E-state index < -0.39 is 0 Å². The van der Waals surface area contributed by atoms with Crippen molar-refractivity contribution in [3.05, 3.63) is 60.8 Å². The van der Waals surface area contributed by atoms with Crippen molar-refractivity contribution >= 4 is 34.5 Å². The maximum absolute atomic E-state index is 12.9. The number of urea groups is 1. The van der Waals surface area contributed by atoms with Gasteiger partial charge in [-0.25, -0.2) is 14.7 Å². The normalized spacial score (nSPS) is 18.1. The molecule has 7 heteroatoms. The van der Waals surface area contributed by atoms with Crippen molar-refractivity contribution < 1.29 is 9.59 Å². The molecule has 2 aliphatic heterocycles. The monoisotopic (exact) mass is 387 g/mol. The summed E-state index contributed by atoms with van der Waals surface area (Å²) < 4.78 is 0. The molecule has 29 heavy (non-hydrogen) atoms. The number of imide groups is 1. The minimum atomic E-state index is -0.217. The van der Waals surface area contributed by atoms with Crippen molar-refractivity contribution in [2.75, 3.05) is 29.4 Å². The molecule has 7 nitrogen and oxygen atoms in total. The first-order chi connectivity index (χ1) is 14.2. The van der Waals surface area contributed by atoms with Gasteiger partial charge in [0.25, 0.3) is 5.91 Å². The minimum Gasteiger partial charge on any atom is -0.355 e. The number of fused-ring (bicyclic) bond motifs is 1. The fourth-order valence-corrected chi connectivity index (χ4v) is 4.14. The Hall–Kier alpha value is -3.48. The van der Waals surface area contributed by atoms with Crippen molar-refractivity contribution in [1.82, 2.24) is 14.9 Å². The average molecular weight is 387 g/mol. The van der Waals surface area contributed by atoms with Gasteiger partial charge < -0.3 is 9.80 Å². The van der Waals surface area contributed by atoms with Gasteiger partial charge in [-0.2, -0.15) is 0 Å². The number of carbonyl (C=O) groups is 2. The summed E-state index contributed by atoms with van der Waals surface area (Å²) in [5.41, 5.74) is 2.40. The molecular weight excluding hydrogens is 366 g/mol. The molecule has 0 N–H and O–H groups in total. The number of para-hydroxylation sites is 3. The molecule has 2 aliphatic rings. The van der Waals surface area contributed by atoms with Gasteiger partial charge in [-0.1, -0.05) is 30.3 Å². The van der Waals surface area contributed by atoms with E-state index in [2.05, 4.69) is 9.88 Å². The van der Waals surface area contributed by atoms with Gasteiger partial charge in [0.05, 0.1) is 22.9 Å². The molecule has 0 radical (unpaired) electrons. The minimum absolute atomic E-state index is 0.0600. The second kappa shape index (κ2) is 7.16. The number of aromatic nitrogens is 2. The first-order valence-corrected chi connectivity index (χ1v) is 9.86. The van der Waals surface area contributed by atoms with Gasteiger partial charge >= 0.3 is 6.03 Å². The van der Waals surface area contributed by atoms with Gasteiger partial charge in [-0.05, 0) is 37.1 Å². The standard InChI is InChI=1S/C22H21N5O2/c28-21-15-26(22(29)27(21)17-6-2-1-3-7-17)16-10-12-25(13-11-16)20-14-23-18-8-4-5-9-19(18)24-20/h1-9,14,16H,10-13,15H2. The molecule has 3 amide bonds. The van der Waals surface area contributed by atoms with Gasteiger partial charge in [-0.3, -0.25) is 9.78 Å². The third-order valence-corrected chi connectivity index (χ3v) is 5.67. The van der Waals surface area contributed by atoms with Crippen LogP contribution in [-0.2, 0) is 4.79 Å². The lowest BCUT2D eigenvalue weighted by atomic mass is 10.0. The smallest absolute Gasteiger partial charge is 0.332 e. The van der Waals surface area contributed by atoms with Crippen LogP contribution in [0.2, 0.25) is 0 Å². The summed E-state index contributed by atoms with van der Waals surface area (Å²) in [5.74, 6) is 0.695. The Balaban J connectivity index is 1.28. The van der Waals surface area contributed by atoms with Crippen molar-refractivity contribution in [2.45, 2.75) is 18.9 Å². The Bertz CT molecular complexity index is 1060. The molecule has 2 fully saturated rings. The zero-order valence-corrected chi connectivity index (χ0v) is 15.9. The van der Waals surface area contributed by atoms with Gasteiger partial charge in [0.2, 0.25) is 0 Å². The largest absolute Gasteiger partial charge is 0.355 e. The third-order valence-electron chi connectivity index (χ3n) is 5.67. The van der Waals surface area contributed by atoms with Crippen LogP contribution in [0.1, 0.15) is 12.8 Å². The van der Waals surface area contributed by atoms with Crippen LogP contribution in [0.4, 0.5) is 16.3 Å². The summed E-state index contributed by atoms with van der Waals surface area (Å²) in [7, 11) is 0. The van der Waals surface area contributed by atoms with Crippen molar-refractivity contribution in [1.29, 1.82) is 0 Å². The second-order valence-electron chi connectivity index (χ2n) is 7.41. The molecule has 0 saturated carbocycles. The van der Waals surface area contributed by atoms with E-state index in [1.54, 1.807) is 17.0 Å². The maximum Gasteiger partial charge on any atom is 0.332 e. The van der Waals surface area contributed by atoms with Crippen LogP contribution in [0.5, 0.6) is 0 Å². The molecule has 3 heterocycles. The van der Waals surface area contributed by atoms with Crippen molar-refractivity contribution in [3.63, 3.8) is 0 Å². The van der Waals surface area contributed by atoms with Gasteiger partial charge in [-0.15, -0.1) is 0 Å². The van der Waals surface area contributed by atoms with E-state index in [1.807, 2.05) is 48.7 Å². The van der Waals surface area contributed by atoms with Crippen LogP contribution < -0.4 is 9.80 Å². The van der Waals surface area contributed by atoms with Crippen LogP contribution in [0.15, 0.2) is 60.8 Å². The van der Waals surface area contributed by atoms with E-state index in [0.29, 0.717) is 5.69 Å². The topological polar surface area (TPSA) is 69.6 Å². The van der Waals surface area contributed by atoms with Gasteiger partial charge in [0, 0.05) is 19.1 Å². The summed E-state index contributed by atoms with van der Waals surface area (Å²) in [4.78, 5) is 39.8. The molecule has 0 aliphatic carbocycles. The molecule has 0 atom stereocenters. The summed E-state index contributed by atoms with van der Waals surface area (Å²) in [6.07, 6.45) is 3.41. The van der Waals surface area contributed by atoms with E-state index in [1.165, 1.54) is 4.90 Å². The number of piperidine rings is 1. The van der Waals surface area contributed by atoms with Crippen molar-refractivity contribution in [2.24, 2.45) is 0 Å². The number of anilines is 2. The summed E-state index contributed by atoms with van der Waals surface area (Å²) in [6.45, 7) is 1.70. The van der Waals surface area contributed by atoms with Gasteiger partial charge in [0.1, 0.15) is 12.4 Å². The van der Waals surface area contributed by atoms with E-state index in [-0.39, 0.29) is 24.5 Å². The number of carbonyl (C=O) groups excluding carboxylic acids is 2. The van der Waals surface area contributed by atoms with Crippen LogP contribution in [0, 0.1) is 0 Å². The molecule has 0 bridgehead atoms. The third kappa shape index (κ3) is 3.18. The van der Waals surface area contributed by atoms with Crippen molar-refractivity contribution in [3.8, 4) is 0 Å². The lowest BCUT2D eigenvalue weighted by Gasteiger charge is -2.36. The Morgan fingerprint density at radius 3 is 2.31 bits per heavy atom. The molecule has 146 valence electrons. The Morgan fingerprint density at radius 2 is 1.55 bits per heavy atom. The highest BCUT2D eigenvalue weighted by atomic mass is 16.2. The summed E-state index contributed by atoms with van der Waals surface area (Å²) in [6, 6.07) is 16.8. The zero-order chi connectivity index (χ0) is 19.8. The number of benzene rings is 2. The van der Waals surface area contributed by atoms with Gasteiger partial charge in [0.15, 0.2) is 0 Å². The quantitative estimate of drug-likeness (QED) is 0.646. The Morgan fingerprint density at radius 1 is 0.862 bits per heavy atom. The SMILES string of the molecule is O=C1CN(C2CCN(c3cnc4ccccc4n3)CC2)C(=O)N1c1ccccc1. The summed E-state index contributed by atoms with van der Waals surface area (Å²) >= 11 is 0.